The highest BCUT2D eigenvalue weighted by molar-refractivity contribution is 5.72. The van der Waals surface area contributed by atoms with E-state index in [-0.39, 0.29) is 0 Å². The third-order valence-corrected chi connectivity index (χ3v) is 2.34. The summed E-state index contributed by atoms with van der Waals surface area (Å²) in [6.07, 6.45) is 5.79. The molecular formula is C10H14N4. The Kier molecular flexibility index (Phi) is 2.43. The fourth-order valence-corrected chi connectivity index (χ4v) is 1.49. The molecule has 14 heavy (non-hydrogen) atoms. The van der Waals surface area contributed by atoms with Gasteiger partial charge in [-0.25, -0.2) is 15.0 Å². The molecule has 0 aliphatic carbocycles. The van der Waals surface area contributed by atoms with Crippen LogP contribution in [0.25, 0.3) is 11.2 Å². The number of fused-ring (bicyclic) bond motifs is 1. The van der Waals surface area contributed by atoms with E-state index in [4.69, 9.17) is 0 Å². The Morgan fingerprint density at radius 2 is 2.14 bits per heavy atom. The number of nitrogens with zero attached hydrogens (tertiary/aromatic N) is 4. The van der Waals surface area contributed by atoms with Crippen LogP contribution in [0, 0.1) is 6.92 Å². The quantitative estimate of drug-likeness (QED) is 0.742. The van der Waals surface area contributed by atoms with Crippen molar-refractivity contribution in [1.82, 2.24) is 19.5 Å². The van der Waals surface area contributed by atoms with E-state index in [0.29, 0.717) is 0 Å². The molecule has 0 N–H and O–H groups in total. The summed E-state index contributed by atoms with van der Waals surface area (Å²) in [4.78, 5) is 12.7. The normalized spacial score (nSPS) is 11.0. The maximum absolute atomic E-state index is 4.31. The van der Waals surface area contributed by atoms with E-state index in [1.54, 1.807) is 6.33 Å². The maximum Gasteiger partial charge on any atom is 0.163 e. The Morgan fingerprint density at radius 3 is 2.93 bits per heavy atom. The van der Waals surface area contributed by atoms with E-state index in [1.807, 2.05) is 13.3 Å². The summed E-state index contributed by atoms with van der Waals surface area (Å²) in [5.41, 5.74) is 2.82. The van der Waals surface area contributed by atoms with Crippen molar-refractivity contribution < 1.29 is 0 Å². The number of imidazole rings is 1. The first kappa shape index (κ1) is 9.12. The first-order valence-corrected chi connectivity index (χ1v) is 4.95. The maximum atomic E-state index is 4.31. The van der Waals surface area contributed by atoms with Gasteiger partial charge in [-0.2, -0.15) is 0 Å². The third-order valence-electron chi connectivity index (χ3n) is 2.34. The van der Waals surface area contributed by atoms with Gasteiger partial charge < -0.3 is 4.57 Å². The molecule has 0 aromatic carbocycles. The highest BCUT2D eigenvalue weighted by Crippen LogP contribution is 2.12. The Morgan fingerprint density at radius 1 is 1.29 bits per heavy atom. The zero-order valence-electron chi connectivity index (χ0n) is 8.56. The largest absolute Gasteiger partial charge is 0.315 e. The molecule has 0 saturated heterocycles. The number of hydrogen-bond acceptors (Lipinski definition) is 3. The minimum absolute atomic E-state index is 0.920. The Labute approximate surface area is 83.0 Å². The topological polar surface area (TPSA) is 43.6 Å². The van der Waals surface area contributed by atoms with Crippen LogP contribution < -0.4 is 0 Å². The van der Waals surface area contributed by atoms with E-state index in [9.17, 15) is 0 Å². The molecule has 0 aliphatic heterocycles. The molecule has 4 nitrogen and oxygen atoms in total. The average molecular weight is 190 g/mol. The van der Waals surface area contributed by atoms with Gasteiger partial charge in [-0.05, 0) is 13.3 Å². The molecule has 2 aromatic rings. The van der Waals surface area contributed by atoms with E-state index < -0.39 is 0 Å². The summed E-state index contributed by atoms with van der Waals surface area (Å²) < 4.78 is 2.09. The van der Waals surface area contributed by atoms with Crippen molar-refractivity contribution in [1.29, 1.82) is 0 Å². The van der Waals surface area contributed by atoms with Gasteiger partial charge in [-0.3, -0.25) is 0 Å². The SMILES string of the molecule is CCCCn1cnc2c(C)ncnc21. The van der Waals surface area contributed by atoms with E-state index >= 15 is 0 Å². The zero-order chi connectivity index (χ0) is 9.97. The van der Waals surface area contributed by atoms with Crippen LogP contribution >= 0.6 is 0 Å². The predicted octanol–water partition coefficient (Wildman–Crippen LogP) is 1.93. The summed E-state index contributed by atoms with van der Waals surface area (Å²) in [5.74, 6) is 0. The molecule has 0 atom stereocenters. The molecular weight excluding hydrogens is 176 g/mol. The van der Waals surface area contributed by atoms with Gasteiger partial charge in [-0.15, -0.1) is 0 Å². The second kappa shape index (κ2) is 3.74. The van der Waals surface area contributed by atoms with Crippen LogP contribution in [0.5, 0.6) is 0 Å². The predicted molar refractivity (Wildman–Crippen MR) is 55.0 cm³/mol. The molecule has 2 heterocycles. The molecule has 2 aromatic heterocycles. The zero-order valence-corrected chi connectivity index (χ0v) is 8.56. The summed E-state index contributed by atoms with van der Waals surface area (Å²) in [5, 5.41) is 0. The van der Waals surface area contributed by atoms with Crippen molar-refractivity contribution in [2.45, 2.75) is 33.2 Å². The van der Waals surface area contributed by atoms with Crippen molar-refractivity contribution in [3.05, 3.63) is 18.3 Å². The number of hydrogen-bond donors (Lipinski definition) is 0. The van der Waals surface area contributed by atoms with Crippen molar-refractivity contribution in [3.8, 4) is 0 Å². The molecule has 74 valence electrons. The second-order valence-corrected chi connectivity index (χ2v) is 3.42. The molecule has 0 spiro atoms. The fourth-order valence-electron chi connectivity index (χ4n) is 1.49. The first-order valence-electron chi connectivity index (χ1n) is 4.95. The van der Waals surface area contributed by atoms with E-state index in [2.05, 4.69) is 26.4 Å². The van der Waals surface area contributed by atoms with Crippen molar-refractivity contribution in [3.63, 3.8) is 0 Å². The molecule has 0 bridgehead atoms. The van der Waals surface area contributed by atoms with Crippen LogP contribution in [0.2, 0.25) is 0 Å². The molecule has 0 saturated carbocycles. The standard InChI is InChI=1S/C10H14N4/c1-3-4-5-14-7-13-9-8(2)11-6-12-10(9)14/h6-7H,3-5H2,1-2H3. The molecule has 0 fully saturated rings. The molecule has 0 unspecified atom stereocenters. The minimum atomic E-state index is 0.920. The Hall–Kier alpha value is -1.45. The van der Waals surface area contributed by atoms with Gasteiger partial charge in [0.15, 0.2) is 5.65 Å². The van der Waals surface area contributed by atoms with Gasteiger partial charge >= 0.3 is 0 Å². The van der Waals surface area contributed by atoms with Crippen LogP contribution in [-0.4, -0.2) is 19.5 Å². The fraction of sp³-hybridized carbons (Fsp3) is 0.500. The number of unbranched alkanes of at least 4 members (excludes halogenated alkanes) is 1. The van der Waals surface area contributed by atoms with Gasteiger partial charge in [0.25, 0.3) is 0 Å². The van der Waals surface area contributed by atoms with Crippen LogP contribution in [0.4, 0.5) is 0 Å². The van der Waals surface area contributed by atoms with Gasteiger partial charge in [-0.1, -0.05) is 13.3 Å². The smallest absolute Gasteiger partial charge is 0.163 e. The molecule has 0 radical (unpaired) electrons. The third kappa shape index (κ3) is 1.47. The van der Waals surface area contributed by atoms with Gasteiger partial charge in [0.1, 0.15) is 11.8 Å². The van der Waals surface area contributed by atoms with E-state index in [0.717, 1.165) is 29.8 Å². The summed E-state index contributed by atoms with van der Waals surface area (Å²) >= 11 is 0. The molecule has 0 aliphatic rings. The lowest BCUT2D eigenvalue weighted by atomic mass is 10.3. The minimum Gasteiger partial charge on any atom is -0.315 e. The summed E-state index contributed by atoms with van der Waals surface area (Å²) in [6, 6.07) is 0. The van der Waals surface area contributed by atoms with Crippen LogP contribution in [0.3, 0.4) is 0 Å². The average Bonchev–Trinajstić information content (AvgIpc) is 2.60. The van der Waals surface area contributed by atoms with Gasteiger partial charge in [0, 0.05) is 6.54 Å². The molecule has 0 amide bonds. The first-order chi connectivity index (χ1) is 6.83. The van der Waals surface area contributed by atoms with Crippen LogP contribution in [0.1, 0.15) is 25.5 Å². The van der Waals surface area contributed by atoms with Gasteiger partial charge in [0.2, 0.25) is 0 Å². The highest BCUT2D eigenvalue weighted by atomic mass is 15.1. The monoisotopic (exact) mass is 190 g/mol. The van der Waals surface area contributed by atoms with Gasteiger partial charge in [0.05, 0.1) is 12.0 Å². The molecule has 2 rings (SSSR count). The highest BCUT2D eigenvalue weighted by Gasteiger charge is 2.05. The Bertz CT molecular complexity index is 433. The lowest BCUT2D eigenvalue weighted by molar-refractivity contribution is 0.641. The Balaban J connectivity index is 2.42. The van der Waals surface area contributed by atoms with Crippen LogP contribution in [0.15, 0.2) is 12.7 Å². The lowest BCUT2D eigenvalue weighted by Crippen LogP contribution is -1.97. The number of rotatable bonds is 3. The van der Waals surface area contributed by atoms with Crippen molar-refractivity contribution in [2.75, 3.05) is 0 Å². The van der Waals surface area contributed by atoms with E-state index in [1.165, 1.54) is 6.42 Å². The van der Waals surface area contributed by atoms with Crippen molar-refractivity contribution in [2.24, 2.45) is 0 Å². The van der Waals surface area contributed by atoms with Crippen molar-refractivity contribution >= 4 is 11.2 Å². The van der Waals surface area contributed by atoms with Crippen LogP contribution in [-0.2, 0) is 6.54 Å². The lowest BCUT2D eigenvalue weighted by Gasteiger charge is -2.01. The second-order valence-electron chi connectivity index (χ2n) is 3.42. The summed E-state index contributed by atoms with van der Waals surface area (Å²) in [6.45, 7) is 5.13. The number of aryl methyl sites for hydroxylation is 2. The number of aromatic nitrogens is 4. The molecule has 4 heteroatoms. The summed E-state index contributed by atoms with van der Waals surface area (Å²) in [7, 11) is 0.